The second kappa shape index (κ2) is 9.32. The van der Waals surface area contributed by atoms with Gasteiger partial charge in [0.15, 0.2) is 6.29 Å². The second-order valence-corrected chi connectivity index (χ2v) is 7.48. The summed E-state index contributed by atoms with van der Waals surface area (Å²) in [6.07, 6.45) is -1.03. The Bertz CT molecular complexity index is 807. The first-order chi connectivity index (χ1) is 14.7. The number of benzene rings is 2. The molecular weight excluding hydrogens is 388 g/mol. The molecule has 7 heteroatoms. The van der Waals surface area contributed by atoms with Crippen LogP contribution in [0, 0.1) is 0 Å². The van der Waals surface area contributed by atoms with Gasteiger partial charge >= 0.3 is 0 Å². The summed E-state index contributed by atoms with van der Waals surface area (Å²) in [4.78, 5) is 0. The van der Waals surface area contributed by atoms with E-state index in [0.29, 0.717) is 26.4 Å². The lowest BCUT2D eigenvalue weighted by molar-refractivity contribution is -0.246. The van der Waals surface area contributed by atoms with Gasteiger partial charge in [-0.2, -0.15) is 0 Å². The largest absolute Gasteiger partial charge is 0.497 e. The van der Waals surface area contributed by atoms with E-state index in [9.17, 15) is 0 Å². The van der Waals surface area contributed by atoms with Crippen LogP contribution in [0.3, 0.4) is 0 Å². The highest BCUT2D eigenvalue weighted by Gasteiger charge is 2.63. The maximum Gasteiger partial charge on any atom is 0.187 e. The van der Waals surface area contributed by atoms with Gasteiger partial charge in [-0.1, -0.05) is 24.3 Å². The molecule has 2 unspecified atom stereocenters. The van der Waals surface area contributed by atoms with E-state index in [1.165, 1.54) is 0 Å². The Morgan fingerprint density at radius 1 is 0.867 bits per heavy atom. The third-order valence-electron chi connectivity index (χ3n) is 5.55. The van der Waals surface area contributed by atoms with Crippen molar-refractivity contribution in [3.8, 4) is 11.5 Å². The number of rotatable bonds is 10. The van der Waals surface area contributed by atoms with Crippen LogP contribution in [0.4, 0.5) is 0 Å². The van der Waals surface area contributed by atoms with Crippen molar-refractivity contribution in [2.75, 3.05) is 34.5 Å². The molecule has 2 heterocycles. The van der Waals surface area contributed by atoms with E-state index in [0.717, 1.165) is 22.6 Å². The van der Waals surface area contributed by atoms with Gasteiger partial charge in [0, 0.05) is 7.11 Å². The van der Waals surface area contributed by atoms with Crippen LogP contribution in [0.5, 0.6) is 11.5 Å². The Hall–Kier alpha value is -2.16. The summed E-state index contributed by atoms with van der Waals surface area (Å²) >= 11 is 0. The van der Waals surface area contributed by atoms with Gasteiger partial charge in [-0.3, -0.25) is 0 Å². The van der Waals surface area contributed by atoms with Crippen molar-refractivity contribution in [1.82, 2.24) is 0 Å². The number of hydrogen-bond donors (Lipinski definition) is 0. The quantitative estimate of drug-likeness (QED) is 0.590. The molecule has 0 N–H and O–H groups in total. The maximum atomic E-state index is 6.25. The van der Waals surface area contributed by atoms with Gasteiger partial charge in [-0.05, 0) is 35.4 Å². The van der Waals surface area contributed by atoms with Gasteiger partial charge in [0.1, 0.15) is 29.3 Å². The Morgan fingerprint density at radius 3 is 2.03 bits per heavy atom. The molecule has 162 valence electrons. The van der Waals surface area contributed by atoms with Gasteiger partial charge in [0.2, 0.25) is 0 Å². The summed E-state index contributed by atoms with van der Waals surface area (Å²) in [5.41, 5.74) is 1.41. The third kappa shape index (κ3) is 4.31. The molecule has 0 saturated carbocycles. The molecule has 2 aromatic rings. The molecule has 0 radical (unpaired) electrons. The maximum absolute atomic E-state index is 6.25. The third-order valence-corrected chi connectivity index (χ3v) is 5.55. The van der Waals surface area contributed by atoms with Crippen LogP contribution in [0.25, 0.3) is 0 Å². The molecule has 2 aliphatic rings. The van der Waals surface area contributed by atoms with E-state index in [1.54, 1.807) is 21.3 Å². The molecule has 0 aliphatic carbocycles. The van der Waals surface area contributed by atoms with Crippen LogP contribution in [0.1, 0.15) is 11.1 Å². The van der Waals surface area contributed by atoms with E-state index in [1.807, 2.05) is 48.5 Å². The Morgan fingerprint density at radius 2 is 1.47 bits per heavy atom. The molecule has 0 aromatic heterocycles. The fraction of sp³-hybridized carbons (Fsp3) is 0.478. The molecule has 2 aromatic carbocycles. The molecule has 2 aliphatic heterocycles. The van der Waals surface area contributed by atoms with E-state index in [-0.39, 0.29) is 12.2 Å². The van der Waals surface area contributed by atoms with Crippen molar-refractivity contribution in [1.29, 1.82) is 0 Å². The molecule has 4 rings (SSSR count). The van der Waals surface area contributed by atoms with Gasteiger partial charge in [-0.15, -0.1) is 0 Å². The van der Waals surface area contributed by atoms with E-state index in [4.69, 9.17) is 33.2 Å². The first kappa shape index (κ1) is 21.1. The lowest BCUT2D eigenvalue weighted by atomic mass is 10.00. The minimum absolute atomic E-state index is 0.277. The number of ether oxygens (including phenoxy) is 7. The average Bonchev–Trinajstić information content (AvgIpc) is 3.30. The Kier molecular flexibility index (Phi) is 6.55. The summed E-state index contributed by atoms with van der Waals surface area (Å²) in [7, 11) is 4.91. The molecule has 4 atom stereocenters. The van der Waals surface area contributed by atoms with E-state index < -0.39 is 11.9 Å². The summed E-state index contributed by atoms with van der Waals surface area (Å²) in [6.45, 7) is 1.66. The zero-order valence-corrected chi connectivity index (χ0v) is 17.5. The normalized spacial score (nSPS) is 27.4. The van der Waals surface area contributed by atoms with E-state index >= 15 is 0 Å². The number of methoxy groups -OCH3 is 3. The molecular formula is C23H28O7. The zero-order chi connectivity index (χ0) is 21.0. The minimum atomic E-state index is -0.690. The average molecular weight is 416 g/mol. The Balaban J connectivity index is 1.38. The minimum Gasteiger partial charge on any atom is -0.497 e. The monoisotopic (exact) mass is 416 g/mol. The SMILES string of the molecule is COc1ccc(COC[C@@]23CO[C@H](C(OC)O2)C3OCc2ccc(OC)cc2)cc1. The smallest absolute Gasteiger partial charge is 0.187 e. The first-order valence-corrected chi connectivity index (χ1v) is 9.95. The zero-order valence-electron chi connectivity index (χ0n) is 17.5. The molecule has 0 spiro atoms. The molecule has 2 saturated heterocycles. The number of hydrogen-bond acceptors (Lipinski definition) is 7. The molecule has 2 fully saturated rings. The van der Waals surface area contributed by atoms with Crippen LogP contribution in [-0.2, 0) is 36.9 Å². The van der Waals surface area contributed by atoms with Crippen molar-refractivity contribution in [3.05, 3.63) is 59.7 Å². The highest BCUT2D eigenvalue weighted by atomic mass is 16.8. The van der Waals surface area contributed by atoms with Crippen molar-refractivity contribution in [3.63, 3.8) is 0 Å². The molecule has 30 heavy (non-hydrogen) atoms. The van der Waals surface area contributed by atoms with Gasteiger partial charge in [-0.25, -0.2) is 0 Å². The van der Waals surface area contributed by atoms with Crippen molar-refractivity contribution in [2.45, 2.75) is 37.3 Å². The van der Waals surface area contributed by atoms with Crippen LogP contribution < -0.4 is 9.47 Å². The first-order valence-electron chi connectivity index (χ1n) is 9.95. The van der Waals surface area contributed by atoms with Crippen LogP contribution in [0.15, 0.2) is 48.5 Å². The lowest BCUT2D eigenvalue weighted by Crippen LogP contribution is -2.46. The summed E-state index contributed by atoms with van der Waals surface area (Å²) < 4.78 is 40.2. The summed E-state index contributed by atoms with van der Waals surface area (Å²) in [6, 6.07) is 15.6. The van der Waals surface area contributed by atoms with Crippen molar-refractivity contribution >= 4 is 0 Å². The fourth-order valence-electron chi connectivity index (χ4n) is 3.88. The molecule has 0 amide bonds. The van der Waals surface area contributed by atoms with Crippen molar-refractivity contribution in [2.24, 2.45) is 0 Å². The van der Waals surface area contributed by atoms with Crippen molar-refractivity contribution < 1.29 is 33.2 Å². The standard InChI is InChI=1S/C23H28O7/c1-24-18-8-4-16(5-9-18)12-27-14-23-15-29-20(22(26-3)30-23)21(23)28-13-17-6-10-19(25-2)11-7-17/h4-11,20-22H,12-15H2,1-3H3/t20-,21?,22?,23-/m0/s1. The highest BCUT2D eigenvalue weighted by molar-refractivity contribution is 5.27. The molecule has 7 nitrogen and oxygen atoms in total. The van der Waals surface area contributed by atoms with Gasteiger partial charge in [0.25, 0.3) is 0 Å². The molecule has 2 bridgehead atoms. The topological polar surface area (TPSA) is 64.6 Å². The number of fused-ring (bicyclic) bond motifs is 2. The summed E-state index contributed by atoms with van der Waals surface area (Å²) in [5.74, 6) is 1.63. The van der Waals surface area contributed by atoms with Gasteiger partial charge < -0.3 is 33.2 Å². The van der Waals surface area contributed by atoms with E-state index in [2.05, 4.69) is 0 Å². The predicted molar refractivity (Wildman–Crippen MR) is 109 cm³/mol. The fourth-order valence-corrected chi connectivity index (χ4v) is 3.88. The van der Waals surface area contributed by atoms with Crippen LogP contribution in [-0.4, -0.2) is 58.6 Å². The van der Waals surface area contributed by atoms with Gasteiger partial charge in [0.05, 0.1) is 40.6 Å². The Labute approximate surface area is 176 Å². The second-order valence-electron chi connectivity index (χ2n) is 7.48. The lowest BCUT2D eigenvalue weighted by Gasteiger charge is -2.30. The predicted octanol–water partition coefficient (Wildman–Crippen LogP) is 2.95. The van der Waals surface area contributed by atoms with Crippen LogP contribution >= 0.6 is 0 Å². The van der Waals surface area contributed by atoms with Crippen LogP contribution in [0.2, 0.25) is 0 Å². The summed E-state index contributed by atoms with van der Waals surface area (Å²) in [5, 5.41) is 0. The highest BCUT2D eigenvalue weighted by Crippen LogP contribution is 2.43.